The van der Waals surface area contributed by atoms with Gasteiger partial charge in [0.25, 0.3) is 0 Å². The van der Waals surface area contributed by atoms with Crippen LogP contribution >= 0.6 is 23.2 Å². The van der Waals surface area contributed by atoms with E-state index in [4.69, 9.17) is 37.4 Å². The maximum absolute atomic E-state index is 11.3. The van der Waals surface area contributed by atoms with Gasteiger partial charge in [-0.2, -0.15) is 0 Å². The number of methoxy groups -OCH3 is 1. The van der Waals surface area contributed by atoms with Crippen LogP contribution in [0.5, 0.6) is 23.0 Å². The minimum Gasteiger partial charge on any atom is -0.493 e. The van der Waals surface area contributed by atoms with Gasteiger partial charge in [0.1, 0.15) is 22.6 Å². The lowest BCUT2D eigenvalue weighted by atomic mass is 10.1. The number of carbonyl (C=O) groups is 1. The van der Waals surface area contributed by atoms with Crippen molar-refractivity contribution < 1.29 is 19.0 Å². The van der Waals surface area contributed by atoms with Crippen molar-refractivity contribution in [2.75, 3.05) is 13.7 Å². The average Bonchev–Trinajstić information content (AvgIpc) is 2.56. The molecule has 0 aromatic heterocycles. The second-order valence-electron chi connectivity index (χ2n) is 4.80. The summed E-state index contributed by atoms with van der Waals surface area (Å²) in [5.41, 5.74) is 0.629. The van der Waals surface area contributed by atoms with Crippen LogP contribution < -0.4 is 14.2 Å². The van der Waals surface area contributed by atoms with Gasteiger partial charge in [-0.1, -0.05) is 23.2 Å². The van der Waals surface area contributed by atoms with E-state index in [1.807, 2.05) is 0 Å². The Morgan fingerprint density at radius 2 is 1.71 bits per heavy atom. The van der Waals surface area contributed by atoms with E-state index in [1.54, 1.807) is 49.6 Å². The Bertz CT molecular complexity index is 735. The van der Waals surface area contributed by atoms with Crippen LogP contribution in [0.4, 0.5) is 0 Å². The van der Waals surface area contributed by atoms with E-state index in [0.29, 0.717) is 28.6 Å². The highest BCUT2D eigenvalue weighted by atomic mass is 35.5. The number of hydrogen-bond acceptors (Lipinski definition) is 4. The van der Waals surface area contributed by atoms with Crippen LogP contribution in [0.1, 0.15) is 17.3 Å². The fourth-order valence-corrected chi connectivity index (χ4v) is 2.03. The number of carbonyl (C=O) groups excluding carboxylic acids is 1. The molecule has 0 spiro atoms. The fraction of sp³-hybridized carbons (Fsp3) is 0.167. The number of hydrogen-bond donors (Lipinski definition) is 0. The zero-order chi connectivity index (χ0) is 17.5. The van der Waals surface area contributed by atoms with Crippen LogP contribution in [0.25, 0.3) is 0 Å². The summed E-state index contributed by atoms with van der Waals surface area (Å²) in [4.78, 5) is 11.3. The minimum absolute atomic E-state index is 0.00623. The van der Waals surface area contributed by atoms with E-state index in [-0.39, 0.29) is 16.9 Å². The molecule has 126 valence electrons. The summed E-state index contributed by atoms with van der Waals surface area (Å²) in [6, 6.07) is 12.1. The van der Waals surface area contributed by atoms with E-state index >= 15 is 0 Å². The molecule has 0 fully saturated rings. The predicted molar refractivity (Wildman–Crippen MR) is 94.8 cm³/mol. The summed E-state index contributed by atoms with van der Waals surface area (Å²) in [5, 5.41) is 0. The molecule has 0 aliphatic heterocycles. The molecular formula is C18H16Cl2O4. The van der Waals surface area contributed by atoms with Gasteiger partial charge in [-0.3, -0.25) is 4.79 Å². The Balaban J connectivity index is 2.12. The summed E-state index contributed by atoms with van der Waals surface area (Å²) in [5.74, 6) is 2.25. The van der Waals surface area contributed by atoms with E-state index in [2.05, 4.69) is 0 Å². The Morgan fingerprint density at radius 1 is 1.04 bits per heavy atom. The molecule has 2 rings (SSSR count). The number of ketones is 1. The monoisotopic (exact) mass is 366 g/mol. The van der Waals surface area contributed by atoms with Gasteiger partial charge in [0.2, 0.25) is 0 Å². The highest BCUT2D eigenvalue weighted by Gasteiger charge is 2.08. The van der Waals surface area contributed by atoms with Gasteiger partial charge in [0, 0.05) is 11.6 Å². The van der Waals surface area contributed by atoms with Crippen molar-refractivity contribution in [3.63, 3.8) is 0 Å². The molecule has 0 heterocycles. The van der Waals surface area contributed by atoms with Crippen LogP contribution in [0.2, 0.25) is 0 Å². The van der Waals surface area contributed by atoms with Gasteiger partial charge < -0.3 is 14.2 Å². The molecule has 0 bridgehead atoms. The maximum Gasteiger partial charge on any atom is 0.169 e. The molecule has 6 heteroatoms. The highest BCUT2D eigenvalue weighted by Crippen LogP contribution is 2.34. The smallest absolute Gasteiger partial charge is 0.169 e. The molecule has 2 aromatic carbocycles. The second-order valence-corrected chi connectivity index (χ2v) is 5.81. The number of benzene rings is 2. The van der Waals surface area contributed by atoms with Gasteiger partial charge in [0.05, 0.1) is 7.11 Å². The van der Waals surface area contributed by atoms with Crippen molar-refractivity contribution >= 4 is 29.0 Å². The molecule has 0 radical (unpaired) electrons. The van der Waals surface area contributed by atoms with E-state index in [1.165, 1.54) is 13.0 Å². The molecule has 0 aliphatic carbocycles. The summed E-state index contributed by atoms with van der Waals surface area (Å²) >= 11 is 11.1. The molecule has 0 atom stereocenters. The van der Waals surface area contributed by atoms with Gasteiger partial charge >= 0.3 is 0 Å². The van der Waals surface area contributed by atoms with E-state index < -0.39 is 0 Å². The molecule has 4 nitrogen and oxygen atoms in total. The third-order valence-electron chi connectivity index (χ3n) is 3.11. The molecule has 24 heavy (non-hydrogen) atoms. The minimum atomic E-state index is 0.00623. The molecular weight excluding hydrogens is 351 g/mol. The van der Waals surface area contributed by atoms with Gasteiger partial charge in [-0.15, -0.1) is 0 Å². The van der Waals surface area contributed by atoms with Crippen molar-refractivity contribution in [2.24, 2.45) is 0 Å². The Kier molecular flexibility index (Phi) is 6.53. The van der Waals surface area contributed by atoms with Crippen LogP contribution in [-0.4, -0.2) is 19.5 Å². The molecule has 0 saturated heterocycles. The third kappa shape index (κ3) is 5.18. The summed E-state index contributed by atoms with van der Waals surface area (Å²) in [6.07, 6.45) is 1.54. The number of Topliss-reactive ketones (excluding diaryl/α,β-unsaturated/α-hetero) is 1. The van der Waals surface area contributed by atoms with Crippen molar-refractivity contribution in [3.05, 3.63) is 58.6 Å². The van der Waals surface area contributed by atoms with E-state index in [9.17, 15) is 4.79 Å². The molecule has 0 amide bonds. The summed E-state index contributed by atoms with van der Waals surface area (Å²) in [6.45, 7) is 1.77. The Labute approximate surface area is 150 Å². The molecule has 0 saturated carbocycles. The summed E-state index contributed by atoms with van der Waals surface area (Å²) in [7, 11) is 1.54. The maximum atomic E-state index is 11.3. The van der Waals surface area contributed by atoms with Crippen LogP contribution in [-0.2, 0) is 0 Å². The molecule has 0 unspecified atom stereocenters. The summed E-state index contributed by atoms with van der Waals surface area (Å²) < 4.78 is 16.7. The highest BCUT2D eigenvalue weighted by molar-refractivity contribution is 6.55. The number of rotatable bonds is 7. The SMILES string of the molecule is COc1cc(OCC=C(Cl)Cl)ccc1Oc1ccc(C(C)=O)cc1. The largest absolute Gasteiger partial charge is 0.493 e. The van der Waals surface area contributed by atoms with Crippen LogP contribution in [0.15, 0.2) is 53.0 Å². The zero-order valence-corrected chi connectivity index (χ0v) is 14.7. The Hall–Kier alpha value is -2.17. The van der Waals surface area contributed by atoms with Crippen molar-refractivity contribution in [1.29, 1.82) is 0 Å². The Morgan fingerprint density at radius 3 is 2.29 bits per heavy atom. The molecule has 0 aliphatic rings. The lowest BCUT2D eigenvalue weighted by molar-refractivity contribution is 0.101. The quantitative estimate of drug-likeness (QED) is 0.616. The number of halogens is 2. The van der Waals surface area contributed by atoms with Gasteiger partial charge in [0.15, 0.2) is 17.3 Å². The zero-order valence-electron chi connectivity index (χ0n) is 13.2. The van der Waals surface area contributed by atoms with Crippen molar-refractivity contribution in [2.45, 2.75) is 6.92 Å². The topological polar surface area (TPSA) is 44.8 Å². The first-order valence-corrected chi connectivity index (χ1v) is 7.86. The number of ether oxygens (including phenoxy) is 3. The molecule has 0 N–H and O–H groups in total. The third-order valence-corrected chi connectivity index (χ3v) is 3.42. The lowest BCUT2D eigenvalue weighted by Gasteiger charge is -2.12. The lowest BCUT2D eigenvalue weighted by Crippen LogP contribution is -1.96. The second kappa shape index (κ2) is 8.62. The van der Waals surface area contributed by atoms with Gasteiger partial charge in [-0.05, 0) is 49.4 Å². The first-order chi connectivity index (χ1) is 11.5. The van der Waals surface area contributed by atoms with Crippen molar-refractivity contribution in [1.82, 2.24) is 0 Å². The average molecular weight is 367 g/mol. The standard InChI is InChI=1S/C18H16Cl2O4/c1-12(21)13-3-5-14(6-4-13)24-16-8-7-15(11-17(16)22-2)23-10-9-18(19)20/h3-9,11H,10H2,1-2H3. The predicted octanol–water partition coefficient (Wildman–Crippen LogP) is 5.39. The van der Waals surface area contributed by atoms with Gasteiger partial charge in [-0.25, -0.2) is 0 Å². The normalized spacial score (nSPS) is 10.0. The van der Waals surface area contributed by atoms with E-state index in [0.717, 1.165) is 0 Å². The first kappa shape index (κ1) is 18.2. The fourth-order valence-electron chi connectivity index (χ4n) is 1.91. The molecule has 2 aromatic rings. The van der Waals surface area contributed by atoms with Crippen LogP contribution in [0.3, 0.4) is 0 Å². The van der Waals surface area contributed by atoms with Crippen molar-refractivity contribution in [3.8, 4) is 23.0 Å². The first-order valence-electron chi connectivity index (χ1n) is 7.10. The van der Waals surface area contributed by atoms with Crippen LogP contribution in [0, 0.1) is 0 Å².